The van der Waals surface area contributed by atoms with Crippen LogP contribution in [-0.2, 0) is 0 Å². The van der Waals surface area contributed by atoms with Crippen LogP contribution in [0.5, 0.6) is 0 Å². The first kappa shape index (κ1) is 16.2. The topological polar surface area (TPSA) is 49.8 Å². The van der Waals surface area contributed by atoms with Crippen molar-refractivity contribution < 1.29 is 4.39 Å². The van der Waals surface area contributed by atoms with E-state index in [1.54, 1.807) is 0 Å². The Hall–Kier alpha value is -2.24. The molecule has 2 heterocycles. The van der Waals surface area contributed by atoms with Crippen LogP contribution >= 0.6 is 11.6 Å². The molecule has 4 nitrogen and oxygen atoms in total. The minimum absolute atomic E-state index is 0.00263. The minimum atomic E-state index is -0.834. The first-order valence-corrected chi connectivity index (χ1v) is 8.71. The number of hydrogen-bond donors (Lipinski definition) is 2. The molecule has 0 bridgehead atoms. The minimum Gasteiger partial charge on any atom is -0.364 e. The largest absolute Gasteiger partial charge is 0.364 e. The molecule has 0 saturated carbocycles. The quantitative estimate of drug-likeness (QED) is 0.743. The number of anilines is 1. The zero-order valence-corrected chi connectivity index (χ0v) is 14.3. The first-order chi connectivity index (χ1) is 12.2. The van der Waals surface area contributed by atoms with Crippen LogP contribution in [0.4, 0.5) is 10.2 Å². The molecular weight excluding hydrogens is 339 g/mol. The van der Waals surface area contributed by atoms with Gasteiger partial charge in [-0.1, -0.05) is 48.0 Å². The Bertz CT molecular complexity index is 884. The van der Waals surface area contributed by atoms with Gasteiger partial charge in [-0.3, -0.25) is 0 Å². The molecule has 6 heteroatoms. The number of piperidine rings is 1. The molecule has 2 aromatic carbocycles. The summed E-state index contributed by atoms with van der Waals surface area (Å²) in [5.41, 5.74) is 1.77. The lowest BCUT2D eigenvalue weighted by atomic mass is 10.0. The summed E-state index contributed by atoms with van der Waals surface area (Å²) in [4.78, 5) is 0. The normalized spacial score (nSPS) is 20.6. The Kier molecular flexibility index (Phi) is 4.51. The molecule has 0 spiro atoms. The number of nitrogens with zero attached hydrogens (tertiary/aromatic N) is 2. The monoisotopic (exact) mass is 356 g/mol. The Labute approximate surface area is 150 Å². The van der Waals surface area contributed by atoms with Crippen LogP contribution < -0.4 is 10.6 Å². The number of fused-ring (bicyclic) bond motifs is 1. The smallest absolute Gasteiger partial charge is 0.156 e. The van der Waals surface area contributed by atoms with Crippen LogP contribution in [0.2, 0.25) is 5.02 Å². The van der Waals surface area contributed by atoms with Crippen molar-refractivity contribution in [2.75, 3.05) is 18.4 Å². The number of rotatable bonds is 3. The number of halogens is 2. The van der Waals surface area contributed by atoms with E-state index in [0.717, 1.165) is 28.6 Å². The summed E-state index contributed by atoms with van der Waals surface area (Å²) in [6.45, 7) is 1.13. The van der Waals surface area contributed by atoms with Crippen LogP contribution in [0.15, 0.2) is 48.5 Å². The van der Waals surface area contributed by atoms with E-state index in [9.17, 15) is 4.39 Å². The summed E-state index contributed by atoms with van der Waals surface area (Å²) in [6, 6.07) is 15.5. The molecule has 0 amide bonds. The van der Waals surface area contributed by atoms with Gasteiger partial charge in [-0.05, 0) is 12.1 Å². The second kappa shape index (κ2) is 6.94. The van der Waals surface area contributed by atoms with Crippen molar-refractivity contribution >= 4 is 28.2 Å². The van der Waals surface area contributed by atoms with Crippen LogP contribution in [0.25, 0.3) is 22.0 Å². The van der Waals surface area contributed by atoms with Crippen molar-refractivity contribution in [2.45, 2.75) is 18.6 Å². The van der Waals surface area contributed by atoms with E-state index >= 15 is 0 Å². The van der Waals surface area contributed by atoms with Crippen LogP contribution in [0.1, 0.15) is 6.42 Å². The van der Waals surface area contributed by atoms with Gasteiger partial charge in [0.2, 0.25) is 0 Å². The van der Waals surface area contributed by atoms with Gasteiger partial charge in [0.1, 0.15) is 11.9 Å². The summed E-state index contributed by atoms with van der Waals surface area (Å²) < 4.78 is 13.6. The maximum Gasteiger partial charge on any atom is 0.156 e. The molecule has 1 aliphatic heterocycles. The van der Waals surface area contributed by atoms with E-state index < -0.39 is 6.17 Å². The number of aromatic nitrogens is 2. The molecular formula is C19H18ClFN4. The summed E-state index contributed by atoms with van der Waals surface area (Å²) in [5.74, 6) is 0.689. The van der Waals surface area contributed by atoms with E-state index in [0.29, 0.717) is 23.8 Å². The van der Waals surface area contributed by atoms with Crippen LogP contribution in [0, 0.1) is 0 Å². The number of benzene rings is 2. The predicted octanol–water partition coefficient (Wildman–Crippen LogP) is 4.06. The van der Waals surface area contributed by atoms with Gasteiger partial charge in [-0.15, -0.1) is 10.2 Å². The molecule has 0 unspecified atom stereocenters. The fourth-order valence-corrected chi connectivity index (χ4v) is 3.35. The Morgan fingerprint density at radius 1 is 1.00 bits per heavy atom. The fourth-order valence-electron chi connectivity index (χ4n) is 3.22. The van der Waals surface area contributed by atoms with Gasteiger partial charge in [-0.2, -0.15) is 0 Å². The second-order valence-electron chi connectivity index (χ2n) is 6.28. The van der Waals surface area contributed by atoms with Gasteiger partial charge in [-0.25, -0.2) is 4.39 Å². The average Bonchev–Trinajstić information content (AvgIpc) is 2.63. The zero-order chi connectivity index (χ0) is 17.2. The Morgan fingerprint density at radius 3 is 2.52 bits per heavy atom. The maximum atomic E-state index is 13.6. The molecule has 0 radical (unpaired) electrons. The molecule has 2 N–H and O–H groups in total. The lowest BCUT2D eigenvalue weighted by molar-refractivity contribution is 0.255. The molecule has 128 valence electrons. The molecule has 4 rings (SSSR count). The van der Waals surface area contributed by atoms with E-state index in [4.69, 9.17) is 11.6 Å². The zero-order valence-electron chi connectivity index (χ0n) is 13.5. The van der Waals surface area contributed by atoms with Crippen LogP contribution in [0.3, 0.4) is 0 Å². The third kappa shape index (κ3) is 3.43. The first-order valence-electron chi connectivity index (χ1n) is 8.33. The molecule has 1 aliphatic rings. The van der Waals surface area contributed by atoms with Crippen molar-refractivity contribution in [3.05, 3.63) is 53.6 Å². The predicted molar refractivity (Wildman–Crippen MR) is 99.8 cm³/mol. The van der Waals surface area contributed by atoms with Gasteiger partial charge in [0, 0.05) is 46.9 Å². The molecule has 25 heavy (non-hydrogen) atoms. The van der Waals surface area contributed by atoms with Crippen molar-refractivity contribution in [3.63, 3.8) is 0 Å². The lowest BCUT2D eigenvalue weighted by Crippen LogP contribution is -2.44. The third-order valence-electron chi connectivity index (χ3n) is 4.44. The molecule has 1 fully saturated rings. The van der Waals surface area contributed by atoms with E-state index in [-0.39, 0.29) is 6.04 Å². The molecule has 1 aromatic heterocycles. The SMILES string of the molecule is F[C@H]1CNC[C@H](Nc2nnc(-c3ccc(Cl)cc3)c3ccccc23)C1. The summed E-state index contributed by atoms with van der Waals surface area (Å²) in [7, 11) is 0. The highest BCUT2D eigenvalue weighted by atomic mass is 35.5. The van der Waals surface area contributed by atoms with Crippen molar-refractivity contribution in [3.8, 4) is 11.3 Å². The highest BCUT2D eigenvalue weighted by Crippen LogP contribution is 2.30. The van der Waals surface area contributed by atoms with Gasteiger partial charge in [0.05, 0.1) is 0 Å². The van der Waals surface area contributed by atoms with Crippen molar-refractivity contribution in [2.24, 2.45) is 0 Å². The maximum absolute atomic E-state index is 13.6. The molecule has 0 aliphatic carbocycles. The Morgan fingerprint density at radius 2 is 1.76 bits per heavy atom. The standard InChI is InChI=1S/C19H18ClFN4/c20-13-7-5-12(6-8-13)18-16-3-1-2-4-17(16)19(25-24-18)23-15-9-14(21)10-22-11-15/h1-8,14-15,22H,9-11H2,(H,23,25)/t14-,15-/m1/s1. The van der Waals surface area contributed by atoms with Gasteiger partial charge in [0.15, 0.2) is 5.82 Å². The summed E-state index contributed by atoms with van der Waals surface area (Å²) in [5, 5.41) is 17.9. The van der Waals surface area contributed by atoms with E-state index in [2.05, 4.69) is 20.8 Å². The summed E-state index contributed by atoms with van der Waals surface area (Å²) in [6.07, 6.45) is -0.360. The third-order valence-corrected chi connectivity index (χ3v) is 4.69. The lowest BCUT2D eigenvalue weighted by Gasteiger charge is -2.27. The van der Waals surface area contributed by atoms with Gasteiger partial charge < -0.3 is 10.6 Å². The van der Waals surface area contributed by atoms with Gasteiger partial charge >= 0.3 is 0 Å². The highest BCUT2D eigenvalue weighted by Gasteiger charge is 2.22. The average molecular weight is 357 g/mol. The number of alkyl halides is 1. The second-order valence-corrected chi connectivity index (χ2v) is 6.72. The summed E-state index contributed by atoms with van der Waals surface area (Å²) >= 11 is 5.98. The molecule has 1 saturated heterocycles. The van der Waals surface area contributed by atoms with Crippen molar-refractivity contribution in [1.29, 1.82) is 0 Å². The molecule has 3 aromatic rings. The Balaban J connectivity index is 1.73. The molecule has 2 atom stereocenters. The van der Waals surface area contributed by atoms with E-state index in [1.165, 1.54) is 0 Å². The number of nitrogens with one attached hydrogen (secondary N) is 2. The highest BCUT2D eigenvalue weighted by molar-refractivity contribution is 6.30. The van der Waals surface area contributed by atoms with Crippen LogP contribution in [-0.4, -0.2) is 35.5 Å². The van der Waals surface area contributed by atoms with E-state index in [1.807, 2.05) is 48.5 Å². The van der Waals surface area contributed by atoms with Crippen molar-refractivity contribution in [1.82, 2.24) is 15.5 Å². The van der Waals surface area contributed by atoms with Gasteiger partial charge in [0.25, 0.3) is 0 Å². The fraction of sp³-hybridized carbons (Fsp3) is 0.263. The number of hydrogen-bond acceptors (Lipinski definition) is 4.